The van der Waals surface area contributed by atoms with E-state index in [9.17, 15) is 4.79 Å². The number of amides is 1. The molecule has 0 aliphatic rings. The van der Waals surface area contributed by atoms with Crippen LogP contribution in [0.15, 0.2) is 54.7 Å². The number of aryl methyl sites for hydroxylation is 2. The number of hydrogen-bond donors (Lipinski definition) is 2. The number of benzene rings is 2. The summed E-state index contributed by atoms with van der Waals surface area (Å²) in [5, 5.41) is 4.95. The van der Waals surface area contributed by atoms with Crippen LogP contribution >= 0.6 is 11.3 Å². The molecule has 5 heteroatoms. The van der Waals surface area contributed by atoms with E-state index in [0.717, 1.165) is 32.9 Å². The molecular formula is C20H17N3OS. The first-order valence-electron chi connectivity index (χ1n) is 8.03. The molecule has 0 saturated carbocycles. The molecule has 0 atom stereocenters. The molecule has 0 saturated heterocycles. The molecule has 0 spiro atoms. The molecule has 4 nitrogen and oxygen atoms in total. The van der Waals surface area contributed by atoms with Crippen LogP contribution in [0.4, 0.5) is 5.69 Å². The molecule has 2 N–H and O–H groups in total. The third kappa shape index (κ3) is 3.06. The molecule has 4 aromatic rings. The molecule has 124 valence electrons. The molecule has 4 rings (SSSR count). The van der Waals surface area contributed by atoms with Crippen LogP contribution in [-0.2, 0) is 0 Å². The van der Waals surface area contributed by atoms with Gasteiger partial charge in [-0.15, -0.1) is 11.3 Å². The Hall–Kier alpha value is -2.92. The van der Waals surface area contributed by atoms with Gasteiger partial charge in [-0.3, -0.25) is 4.79 Å². The molecule has 0 fully saturated rings. The maximum Gasteiger partial charge on any atom is 0.267 e. The minimum absolute atomic E-state index is 0.126. The van der Waals surface area contributed by atoms with Gasteiger partial charge < -0.3 is 10.3 Å². The highest BCUT2D eigenvalue weighted by atomic mass is 32.1. The van der Waals surface area contributed by atoms with Crippen molar-refractivity contribution in [2.45, 2.75) is 13.8 Å². The Balaban J connectivity index is 1.60. The van der Waals surface area contributed by atoms with Gasteiger partial charge >= 0.3 is 0 Å². The zero-order valence-corrected chi connectivity index (χ0v) is 14.8. The fourth-order valence-electron chi connectivity index (χ4n) is 2.74. The van der Waals surface area contributed by atoms with Crippen LogP contribution in [0.1, 0.15) is 20.9 Å². The van der Waals surface area contributed by atoms with Crippen molar-refractivity contribution in [3.63, 3.8) is 0 Å². The molecule has 25 heavy (non-hydrogen) atoms. The highest BCUT2D eigenvalue weighted by Gasteiger charge is 2.16. The molecule has 0 radical (unpaired) electrons. The van der Waals surface area contributed by atoms with Crippen LogP contribution in [0.25, 0.3) is 21.5 Å². The second-order valence-electron chi connectivity index (χ2n) is 6.03. The van der Waals surface area contributed by atoms with Gasteiger partial charge in [0.05, 0.1) is 5.69 Å². The monoisotopic (exact) mass is 347 g/mol. The zero-order chi connectivity index (χ0) is 17.4. The number of carbonyl (C=O) groups is 1. The number of carbonyl (C=O) groups excluding carboxylic acids is 1. The molecule has 0 aliphatic heterocycles. The largest absolute Gasteiger partial charge is 0.361 e. The fourth-order valence-corrected chi connectivity index (χ4v) is 3.71. The molecule has 0 unspecified atom stereocenters. The predicted molar refractivity (Wildman–Crippen MR) is 103 cm³/mol. The van der Waals surface area contributed by atoms with Crippen molar-refractivity contribution in [3.8, 4) is 10.6 Å². The Morgan fingerprint density at radius 3 is 2.68 bits per heavy atom. The number of hydrogen-bond acceptors (Lipinski definition) is 3. The van der Waals surface area contributed by atoms with Crippen molar-refractivity contribution in [2.24, 2.45) is 0 Å². The molecule has 0 aliphatic carbocycles. The van der Waals surface area contributed by atoms with Gasteiger partial charge in [-0.05, 0) is 37.4 Å². The van der Waals surface area contributed by atoms with Gasteiger partial charge in [-0.25, -0.2) is 4.98 Å². The summed E-state index contributed by atoms with van der Waals surface area (Å²) in [4.78, 5) is 21.0. The summed E-state index contributed by atoms with van der Waals surface area (Å²) >= 11 is 1.42. The Bertz CT molecular complexity index is 1060. The third-order valence-electron chi connectivity index (χ3n) is 4.11. The van der Waals surface area contributed by atoms with Crippen molar-refractivity contribution in [3.05, 3.63) is 70.9 Å². The molecule has 2 aromatic heterocycles. The Labute approximate surface area is 149 Å². The van der Waals surface area contributed by atoms with Gasteiger partial charge in [0.15, 0.2) is 0 Å². The van der Waals surface area contributed by atoms with E-state index in [0.29, 0.717) is 4.88 Å². The Morgan fingerprint density at radius 2 is 1.88 bits per heavy atom. The minimum atomic E-state index is -0.126. The lowest BCUT2D eigenvalue weighted by Gasteiger charge is -2.04. The maximum absolute atomic E-state index is 12.7. The molecule has 1 amide bonds. The van der Waals surface area contributed by atoms with E-state index in [-0.39, 0.29) is 5.91 Å². The smallest absolute Gasteiger partial charge is 0.267 e. The van der Waals surface area contributed by atoms with E-state index < -0.39 is 0 Å². The summed E-state index contributed by atoms with van der Waals surface area (Å²) in [7, 11) is 0. The minimum Gasteiger partial charge on any atom is -0.361 e. The number of aromatic nitrogens is 2. The average molecular weight is 347 g/mol. The summed E-state index contributed by atoms with van der Waals surface area (Å²) in [5.41, 5.74) is 4.75. The zero-order valence-electron chi connectivity index (χ0n) is 14.0. The van der Waals surface area contributed by atoms with Gasteiger partial charge in [0.2, 0.25) is 0 Å². The highest BCUT2D eigenvalue weighted by Crippen LogP contribution is 2.29. The highest BCUT2D eigenvalue weighted by molar-refractivity contribution is 7.17. The molecular weight excluding hydrogens is 330 g/mol. The average Bonchev–Trinajstić information content (AvgIpc) is 3.21. The Morgan fingerprint density at radius 1 is 1.08 bits per heavy atom. The van der Waals surface area contributed by atoms with Crippen LogP contribution in [0.5, 0.6) is 0 Å². The lowest BCUT2D eigenvalue weighted by molar-refractivity contribution is 0.103. The molecule has 2 aromatic carbocycles. The van der Waals surface area contributed by atoms with Crippen LogP contribution in [0.2, 0.25) is 0 Å². The lowest BCUT2D eigenvalue weighted by atomic mass is 10.2. The van der Waals surface area contributed by atoms with E-state index in [2.05, 4.69) is 34.3 Å². The van der Waals surface area contributed by atoms with Crippen LogP contribution in [0, 0.1) is 13.8 Å². The van der Waals surface area contributed by atoms with Crippen LogP contribution < -0.4 is 5.32 Å². The van der Waals surface area contributed by atoms with Crippen molar-refractivity contribution < 1.29 is 4.79 Å². The number of fused-ring (bicyclic) bond motifs is 1. The number of rotatable bonds is 3. The van der Waals surface area contributed by atoms with Gasteiger partial charge in [-0.2, -0.15) is 0 Å². The summed E-state index contributed by atoms with van der Waals surface area (Å²) in [6.45, 7) is 3.92. The van der Waals surface area contributed by atoms with Gasteiger partial charge in [0.25, 0.3) is 5.91 Å². The Kier molecular flexibility index (Phi) is 3.86. The van der Waals surface area contributed by atoms with Gasteiger partial charge in [0, 0.05) is 23.0 Å². The molecule has 0 bridgehead atoms. The number of H-pyrrole nitrogens is 1. The first-order valence-corrected chi connectivity index (χ1v) is 8.85. The van der Waals surface area contributed by atoms with Crippen LogP contribution in [-0.4, -0.2) is 15.9 Å². The number of nitrogens with zero attached hydrogens (tertiary/aromatic N) is 1. The summed E-state index contributed by atoms with van der Waals surface area (Å²) in [5.74, 6) is -0.126. The number of aromatic amines is 1. The van der Waals surface area contributed by atoms with Crippen molar-refractivity contribution >= 4 is 33.8 Å². The topological polar surface area (TPSA) is 57.8 Å². The molecule has 2 heterocycles. The second-order valence-corrected chi connectivity index (χ2v) is 7.03. The maximum atomic E-state index is 12.7. The number of nitrogens with one attached hydrogen (secondary N) is 2. The normalized spacial score (nSPS) is 11.0. The van der Waals surface area contributed by atoms with E-state index in [1.807, 2.05) is 49.5 Å². The van der Waals surface area contributed by atoms with E-state index in [4.69, 9.17) is 0 Å². The first kappa shape index (κ1) is 15.6. The third-order valence-corrected chi connectivity index (χ3v) is 5.32. The van der Waals surface area contributed by atoms with Crippen molar-refractivity contribution in [1.29, 1.82) is 0 Å². The van der Waals surface area contributed by atoms with Crippen molar-refractivity contribution in [2.75, 3.05) is 5.32 Å². The fraction of sp³-hybridized carbons (Fsp3) is 0.100. The summed E-state index contributed by atoms with van der Waals surface area (Å²) in [6, 6.07) is 16.0. The van der Waals surface area contributed by atoms with Gasteiger partial charge in [0.1, 0.15) is 9.88 Å². The lowest BCUT2D eigenvalue weighted by Crippen LogP contribution is -2.11. The van der Waals surface area contributed by atoms with Crippen molar-refractivity contribution in [1.82, 2.24) is 9.97 Å². The SMILES string of the molecule is Cc1ccc(-c2nc(C)c(C(=O)Nc3ccc4cc[nH]c4c3)s2)cc1. The van der Waals surface area contributed by atoms with Gasteiger partial charge in [-0.1, -0.05) is 35.9 Å². The summed E-state index contributed by atoms with van der Waals surface area (Å²) in [6.07, 6.45) is 1.89. The number of thiazole rings is 1. The predicted octanol–water partition coefficient (Wildman–Crippen LogP) is 5.16. The first-order chi connectivity index (χ1) is 12.1. The standard InChI is InChI=1S/C20H17N3OS/c1-12-3-5-15(6-4-12)20-22-13(2)18(25-20)19(24)23-16-8-7-14-9-10-21-17(14)11-16/h3-11,21H,1-2H3,(H,23,24). The van der Waals surface area contributed by atoms with E-state index in [1.54, 1.807) is 0 Å². The quantitative estimate of drug-likeness (QED) is 0.538. The summed E-state index contributed by atoms with van der Waals surface area (Å²) < 4.78 is 0. The number of anilines is 1. The van der Waals surface area contributed by atoms with E-state index >= 15 is 0 Å². The second kappa shape index (κ2) is 6.18. The van der Waals surface area contributed by atoms with Crippen LogP contribution in [0.3, 0.4) is 0 Å². The van der Waals surface area contributed by atoms with E-state index in [1.165, 1.54) is 16.9 Å².